The average molecular weight is 548 g/mol. The molecule has 0 aliphatic carbocycles. The number of carbonyl (C=O) groups is 1. The number of para-hydroxylation sites is 1. The summed E-state index contributed by atoms with van der Waals surface area (Å²) in [6.07, 6.45) is 5.99. The molecule has 5 nitrogen and oxygen atoms in total. The minimum absolute atomic E-state index is 0.0308. The molecule has 0 aliphatic heterocycles. The van der Waals surface area contributed by atoms with Crippen LogP contribution in [0.2, 0.25) is 0 Å². The quantitative estimate of drug-likeness (QED) is 0.158. The van der Waals surface area contributed by atoms with E-state index in [4.69, 9.17) is 4.98 Å². The standard InChI is InChI=1S/C36H41N3O2/c1-4-5-6-10-15-30(36(41)38-33(24-40)29-13-8-7-9-14-29)28-20-18-27(19-21-28)23-32-31-16-11-12-17-34(31)39-26(3)22-25(2)37-35(32)39/h7-9,11-14,16-22,30,33,40H,4-6,10,15,23-24H2,1-3H3,(H,38,41). The van der Waals surface area contributed by atoms with Crippen molar-refractivity contribution in [3.8, 4) is 0 Å². The Labute approximate surface area is 243 Å². The summed E-state index contributed by atoms with van der Waals surface area (Å²) in [5.41, 5.74) is 8.73. The third kappa shape index (κ3) is 6.36. The second-order valence-electron chi connectivity index (χ2n) is 11.2. The van der Waals surface area contributed by atoms with Gasteiger partial charge in [0.1, 0.15) is 5.65 Å². The molecule has 0 bridgehead atoms. The van der Waals surface area contributed by atoms with Crippen molar-refractivity contribution in [3.05, 3.63) is 119 Å². The molecule has 5 heteroatoms. The van der Waals surface area contributed by atoms with Crippen LogP contribution in [-0.4, -0.2) is 27.0 Å². The number of aliphatic hydroxyl groups is 1. The lowest BCUT2D eigenvalue weighted by Gasteiger charge is -2.22. The van der Waals surface area contributed by atoms with Gasteiger partial charge in [-0.2, -0.15) is 0 Å². The highest BCUT2D eigenvalue weighted by Crippen LogP contribution is 2.31. The molecular weight excluding hydrogens is 506 g/mol. The molecular formula is C36H41N3O2. The Morgan fingerprint density at radius 3 is 2.37 bits per heavy atom. The van der Waals surface area contributed by atoms with E-state index in [0.717, 1.165) is 54.6 Å². The number of aliphatic hydroxyl groups excluding tert-OH is 1. The lowest BCUT2D eigenvalue weighted by Crippen LogP contribution is -2.34. The molecule has 2 atom stereocenters. The molecule has 0 saturated heterocycles. The fourth-order valence-electron chi connectivity index (χ4n) is 6.00. The first-order valence-electron chi connectivity index (χ1n) is 14.9. The zero-order valence-corrected chi connectivity index (χ0v) is 24.4. The van der Waals surface area contributed by atoms with Crippen LogP contribution in [0, 0.1) is 13.8 Å². The maximum atomic E-state index is 13.6. The maximum Gasteiger partial charge on any atom is 0.228 e. The first-order chi connectivity index (χ1) is 20.0. The minimum atomic E-state index is -0.420. The summed E-state index contributed by atoms with van der Waals surface area (Å²) in [4.78, 5) is 18.6. The van der Waals surface area contributed by atoms with Gasteiger partial charge in [0, 0.05) is 28.8 Å². The molecule has 1 amide bonds. The zero-order valence-electron chi connectivity index (χ0n) is 24.4. The lowest BCUT2D eigenvalue weighted by atomic mass is 9.90. The molecule has 5 aromatic rings. The normalized spacial score (nSPS) is 13.0. The number of nitrogens with zero attached hydrogens (tertiary/aromatic N) is 2. The summed E-state index contributed by atoms with van der Waals surface area (Å²) >= 11 is 0. The van der Waals surface area contributed by atoms with Gasteiger partial charge in [-0.05, 0) is 49.1 Å². The van der Waals surface area contributed by atoms with Crippen molar-refractivity contribution in [1.29, 1.82) is 0 Å². The van der Waals surface area contributed by atoms with Crippen LogP contribution < -0.4 is 5.32 Å². The molecule has 0 spiro atoms. The number of nitrogens with one attached hydrogen (secondary N) is 1. The Kier molecular flexibility index (Phi) is 9.15. The van der Waals surface area contributed by atoms with E-state index < -0.39 is 6.04 Å². The molecule has 0 radical (unpaired) electrons. The van der Waals surface area contributed by atoms with Gasteiger partial charge >= 0.3 is 0 Å². The van der Waals surface area contributed by atoms with Crippen molar-refractivity contribution in [2.24, 2.45) is 0 Å². The van der Waals surface area contributed by atoms with Crippen LogP contribution in [0.1, 0.15) is 84.6 Å². The van der Waals surface area contributed by atoms with Crippen LogP contribution in [0.25, 0.3) is 16.6 Å². The highest BCUT2D eigenvalue weighted by Gasteiger charge is 2.24. The number of hydrogen-bond donors (Lipinski definition) is 2. The molecule has 0 aliphatic rings. The molecule has 2 aromatic heterocycles. The summed E-state index contributed by atoms with van der Waals surface area (Å²) in [6, 6.07) is 28.5. The Hall–Kier alpha value is -3.96. The van der Waals surface area contributed by atoms with E-state index in [-0.39, 0.29) is 18.4 Å². The maximum absolute atomic E-state index is 13.6. The van der Waals surface area contributed by atoms with Gasteiger partial charge in [-0.25, -0.2) is 4.98 Å². The van der Waals surface area contributed by atoms with Crippen LogP contribution in [0.3, 0.4) is 0 Å². The van der Waals surface area contributed by atoms with Gasteiger partial charge in [0.05, 0.1) is 24.1 Å². The number of carbonyl (C=O) groups excluding carboxylic acids is 1. The Bertz CT molecular complexity index is 1610. The molecule has 3 aromatic carbocycles. The van der Waals surface area contributed by atoms with Crippen molar-refractivity contribution in [2.75, 3.05) is 6.61 Å². The van der Waals surface area contributed by atoms with Gasteiger partial charge < -0.3 is 10.4 Å². The largest absolute Gasteiger partial charge is 0.394 e. The predicted octanol–water partition coefficient (Wildman–Crippen LogP) is 7.60. The molecule has 2 unspecified atom stereocenters. The van der Waals surface area contributed by atoms with Gasteiger partial charge in [0.15, 0.2) is 0 Å². The Morgan fingerprint density at radius 2 is 1.63 bits per heavy atom. The molecule has 2 N–H and O–H groups in total. The second-order valence-corrected chi connectivity index (χ2v) is 11.2. The van der Waals surface area contributed by atoms with Crippen LogP contribution in [0.4, 0.5) is 0 Å². The predicted molar refractivity (Wildman–Crippen MR) is 167 cm³/mol. The van der Waals surface area contributed by atoms with Gasteiger partial charge in [-0.15, -0.1) is 0 Å². The summed E-state index contributed by atoms with van der Waals surface area (Å²) in [6.45, 7) is 6.25. The first kappa shape index (κ1) is 28.6. The number of amides is 1. The number of aromatic nitrogens is 2. The van der Waals surface area contributed by atoms with Crippen molar-refractivity contribution in [1.82, 2.24) is 14.7 Å². The SMILES string of the molecule is CCCCCCC(C(=O)NC(CO)c1ccccc1)c1ccc(Cc2c3ccccc3n3c(C)cc(C)nc23)cc1. The van der Waals surface area contributed by atoms with Crippen LogP contribution in [0.5, 0.6) is 0 Å². The van der Waals surface area contributed by atoms with E-state index in [0.29, 0.717) is 0 Å². The smallest absolute Gasteiger partial charge is 0.228 e. The molecule has 2 heterocycles. The first-order valence-corrected chi connectivity index (χ1v) is 14.9. The molecule has 0 saturated carbocycles. The third-order valence-corrected chi connectivity index (χ3v) is 8.13. The summed E-state index contributed by atoms with van der Waals surface area (Å²) in [5.74, 6) is -0.293. The highest BCUT2D eigenvalue weighted by molar-refractivity contribution is 5.91. The van der Waals surface area contributed by atoms with Crippen molar-refractivity contribution in [3.63, 3.8) is 0 Å². The van der Waals surface area contributed by atoms with Crippen LogP contribution in [-0.2, 0) is 11.2 Å². The molecule has 5 rings (SSSR count). The number of unbranched alkanes of at least 4 members (excludes halogenated alkanes) is 3. The fourth-order valence-corrected chi connectivity index (χ4v) is 6.00. The van der Waals surface area contributed by atoms with Gasteiger partial charge in [-0.1, -0.05) is 105 Å². The lowest BCUT2D eigenvalue weighted by molar-refractivity contribution is -0.123. The van der Waals surface area contributed by atoms with Gasteiger partial charge in [0.25, 0.3) is 0 Å². The molecule has 41 heavy (non-hydrogen) atoms. The topological polar surface area (TPSA) is 66.6 Å². The van der Waals surface area contributed by atoms with E-state index in [1.807, 2.05) is 37.3 Å². The third-order valence-electron chi connectivity index (χ3n) is 8.13. The van der Waals surface area contributed by atoms with Gasteiger partial charge in [-0.3, -0.25) is 9.20 Å². The fraction of sp³-hybridized carbons (Fsp3) is 0.333. The molecule has 212 valence electrons. The van der Waals surface area contributed by atoms with E-state index in [1.165, 1.54) is 34.1 Å². The summed E-state index contributed by atoms with van der Waals surface area (Å²) in [7, 11) is 0. The number of aryl methyl sites for hydroxylation is 2. The highest BCUT2D eigenvalue weighted by atomic mass is 16.3. The van der Waals surface area contributed by atoms with E-state index in [9.17, 15) is 9.90 Å². The number of rotatable bonds is 12. The minimum Gasteiger partial charge on any atom is -0.394 e. The summed E-state index contributed by atoms with van der Waals surface area (Å²) in [5, 5.41) is 14.4. The summed E-state index contributed by atoms with van der Waals surface area (Å²) < 4.78 is 2.26. The number of benzene rings is 3. The van der Waals surface area contributed by atoms with Crippen molar-refractivity contribution < 1.29 is 9.90 Å². The van der Waals surface area contributed by atoms with Crippen LogP contribution in [0.15, 0.2) is 84.9 Å². The Morgan fingerprint density at radius 1 is 0.902 bits per heavy atom. The van der Waals surface area contributed by atoms with Crippen molar-refractivity contribution in [2.45, 2.75) is 71.3 Å². The zero-order chi connectivity index (χ0) is 28.8. The van der Waals surface area contributed by atoms with Crippen LogP contribution >= 0.6 is 0 Å². The van der Waals surface area contributed by atoms with E-state index in [1.54, 1.807) is 0 Å². The van der Waals surface area contributed by atoms with E-state index in [2.05, 4.69) is 78.2 Å². The average Bonchev–Trinajstić information content (AvgIpc) is 3.30. The van der Waals surface area contributed by atoms with Crippen molar-refractivity contribution >= 4 is 22.5 Å². The number of hydrogen-bond acceptors (Lipinski definition) is 3. The number of fused-ring (bicyclic) bond motifs is 3. The Balaban J connectivity index is 1.41. The van der Waals surface area contributed by atoms with Gasteiger partial charge in [0.2, 0.25) is 5.91 Å². The van der Waals surface area contributed by atoms with E-state index >= 15 is 0 Å². The second kappa shape index (κ2) is 13.1. The molecule has 0 fully saturated rings. The monoisotopic (exact) mass is 547 g/mol.